The highest BCUT2D eigenvalue weighted by molar-refractivity contribution is 9.10. The van der Waals surface area contributed by atoms with Gasteiger partial charge in [-0.15, -0.1) is 0 Å². The van der Waals surface area contributed by atoms with Gasteiger partial charge in [0.2, 0.25) is 6.10 Å². The number of esters is 1. The molecular formula is C18H17BrN2O4. The minimum Gasteiger partial charge on any atom is -0.447 e. The quantitative estimate of drug-likeness (QED) is 0.750. The molecule has 2 aromatic rings. The first kappa shape index (κ1) is 18.7. The highest BCUT2D eigenvalue weighted by Gasteiger charge is 2.26. The maximum absolute atomic E-state index is 12.3. The van der Waals surface area contributed by atoms with Crippen molar-refractivity contribution in [1.82, 2.24) is 10.6 Å². The molecule has 1 atom stereocenters. The Morgan fingerprint density at radius 3 is 2.28 bits per heavy atom. The molecule has 0 aromatic heterocycles. The molecule has 2 N–H and O–H groups in total. The molecule has 6 nitrogen and oxygen atoms in total. The number of hydrogen-bond acceptors (Lipinski definition) is 4. The van der Waals surface area contributed by atoms with E-state index in [1.54, 1.807) is 42.5 Å². The molecule has 0 saturated carbocycles. The van der Waals surface area contributed by atoms with Gasteiger partial charge in [-0.3, -0.25) is 14.9 Å². The number of nitrogens with one attached hydrogen (secondary N) is 2. The average Bonchev–Trinajstić information content (AvgIpc) is 2.62. The van der Waals surface area contributed by atoms with E-state index in [1.165, 1.54) is 7.05 Å². The third-order valence-corrected chi connectivity index (χ3v) is 3.84. The van der Waals surface area contributed by atoms with Gasteiger partial charge < -0.3 is 10.1 Å². The second kappa shape index (κ2) is 8.98. The van der Waals surface area contributed by atoms with Crippen LogP contribution in [-0.4, -0.2) is 25.0 Å². The molecule has 0 spiro atoms. The van der Waals surface area contributed by atoms with Crippen LogP contribution in [0.2, 0.25) is 0 Å². The van der Waals surface area contributed by atoms with Crippen molar-refractivity contribution in [2.45, 2.75) is 12.5 Å². The first-order chi connectivity index (χ1) is 12.0. The smallest absolute Gasteiger partial charge is 0.321 e. The summed E-state index contributed by atoms with van der Waals surface area (Å²) in [6.45, 7) is 0. The van der Waals surface area contributed by atoms with Gasteiger partial charge in [0.15, 0.2) is 0 Å². The molecule has 2 aromatic carbocycles. The number of carbonyl (C=O) groups excluding carboxylic acids is 3. The summed E-state index contributed by atoms with van der Waals surface area (Å²) >= 11 is 3.32. The number of rotatable bonds is 5. The van der Waals surface area contributed by atoms with E-state index < -0.39 is 24.0 Å². The monoisotopic (exact) mass is 404 g/mol. The third kappa shape index (κ3) is 5.72. The summed E-state index contributed by atoms with van der Waals surface area (Å²) in [6, 6.07) is 15.1. The number of urea groups is 1. The Kier molecular flexibility index (Phi) is 6.71. The van der Waals surface area contributed by atoms with E-state index in [0.29, 0.717) is 5.56 Å². The molecule has 0 bridgehead atoms. The van der Waals surface area contributed by atoms with Crippen LogP contribution in [0.25, 0.3) is 0 Å². The van der Waals surface area contributed by atoms with Crippen molar-refractivity contribution in [3.05, 3.63) is 70.2 Å². The molecule has 2 rings (SSSR count). The number of carbonyl (C=O) groups is 3. The van der Waals surface area contributed by atoms with E-state index in [9.17, 15) is 14.4 Å². The number of ether oxygens (including phenoxy) is 1. The third-order valence-electron chi connectivity index (χ3n) is 3.32. The van der Waals surface area contributed by atoms with Gasteiger partial charge in [0, 0.05) is 17.1 Å². The van der Waals surface area contributed by atoms with E-state index in [2.05, 4.69) is 26.6 Å². The Labute approximate surface area is 153 Å². The Hall–Kier alpha value is -2.67. The van der Waals surface area contributed by atoms with Gasteiger partial charge >= 0.3 is 12.0 Å². The number of amides is 3. The van der Waals surface area contributed by atoms with E-state index in [4.69, 9.17) is 4.74 Å². The number of benzene rings is 2. The summed E-state index contributed by atoms with van der Waals surface area (Å²) in [5, 5.41) is 4.42. The van der Waals surface area contributed by atoms with Crippen LogP contribution in [0.5, 0.6) is 0 Å². The van der Waals surface area contributed by atoms with Crippen molar-refractivity contribution in [2.75, 3.05) is 7.05 Å². The minimum atomic E-state index is -1.21. The molecule has 7 heteroatoms. The van der Waals surface area contributed by atoms with Gasteiger partial charge in [-0.2, -0.15) is 0 Å². The molecule has 0 radical (unpaired) electrons. The first-order valence-electron chi connectivity index (χ1n) is 7.51. The van der Waals surface area contributed by atoms with Gasteiger partial charge in [-0.1, -0.05) is 58.4 Å². The molecule has 0 heterocycles. The largest absolute Gasteiger partial charge is 0.447 e. The number of imide groups is 1. The van der Waals surface area contributed by atoms with Crippen molar-refractivity contribution in [3.63, 3.8) is 0 Å². The zero-order valence-electron chi connectivity index (χ0n) is 13.5. The van der Waals surface area contributed by atoms with Gasteiger partial charge in [-0.05, 0) is 17.7 Å². The fourth-order valence-corrected chi connectivity index (χ4v) is 2.35. The Bertz CT molecular complexity index is 747. The zero-order chi connectivity index (χ0) is 18.2. The van der Waals surface area contributed by atoms with Gasteiger partial charge in [-0.25, -0.2) is 4.79 Å². The SMILES string of the molecule is CNC(=O)NC(=O)[C@@H](OC(=O)Cc1ccc(Br)cc1)c1ccccc1. The topological polar surface area (TPSA) is 84.5 Å². The van der Waals surface area contributed by atoms with E-state index in [-0.39, 0.29) is 6.42 Å². The molecule has 0 fully saturated rings. The molecular weight excluding hydrogens is 388 g/mol. The minimum absolute atomic E-state index is 0.0177. The van der Waals surface area contributed by atoms with Crippen LogP contribution in [0, 0.1) is 0 Å². The highest BCUT2D eigenvalue weighted by Crippen LogP contribution is 2.19. The van der Waals surface area contributed by atoms with Crippen molar-refractivity contribution in [2.24, 2.45) is 0 Å². The van der Waals surface area contributed by atoms with Crippen LogP contribution in [0.3, 0.4) is 0 Å². The van der Waals surface area contributed by atoms with Crippen LogP contribution in [0.15, 0.2) is 59.1 Å². The Morgan fingerprint density at radius 1 is 1.04 bits per heavy atom. The molecule has 0 saturated heterocycles. The van der Waals surface area contributed by atoms with Crippen LogP contribution >= 0.6 is 15.9 Å². The predicted molar refractivity (Wildman–Crippen MR) is 95.7 cm³/mol. The van der Waals surface area contributed by atoms with E-state index >= 15 is 0 Å². The Morgan fingerprint density at radius 2 is 1.68 bits per heavy atom. The molecule has 0 unspecified atom stereocenters. The zero-order valence-corrected chi connectivity index (χ0v) is 15.1. The lowest BCUT2D eigenvalue weighted by Crippen LogP contribution is -2.41. The van der Waals surface area contributed by atoms with Crippen LogP contribution < -0.4 is 10.6 Å². The summed E-state index contributed by atoms with van der Waals surface area (Å²) in [4.78, 5) is 35.9. The number of hydrogen-bond donors (Lipinski definition) is 2. The fourth-order valence-electron chi connectivity index (χ4n) is 2.08. The normalized spacial score (nSPS) is 11.3. The Balaban J connectivity index is 2.12. The predicted octanol–water partition coefficient (Wildman–Crippen LogP) is 2.73. The van der Waals surface area contributed by atoms with E-state index in [0.717, 1.165) is 10.0 Å². The maximum atomic E-state index is 12.3. The molecule has 0 aliphatic heterocycles. The molecule has 0 aliphatic rings. The first-order valence-corrected chi connectivity index (χ1v) is 8.30. The van der Waals surface area contributed by atoms with Crippen molar-refractivity contribution in [1.29, 1.82) is 0 Å². The van der Waals surface area contributed by atoms with E-state index in [1.807, 2.05) is 12.1 Å². The summed E-state index contributed by atoms with van der Waals surface area (Å²) in [5.74, 6) is -1.28. The summed E-state index contributed by atoms with van der Waals surface area (Å²) in [7, 11) is 1.39. The summed E-state index contributed by atoms with van der Waals surface area (Å²) < 4.78 is 6.23. The molecule has 3 amide bonds. The second-order valence-corrected chi connectivity index (χ2v) is 6.07. The van der Waals surface area contributed by atoms with Gasteiger partial charge in [0.25, 0.3) is 5.91 Å². The van der Waals surface area contributed by atoms with Crippen LogP contribution in [-0.2, 0) is 20.7 Å². The van der Waals surface area contributed by atoms with Crippen molar-refractivity contribution < 1.29 is 19.1 Å². The van der Waals surface area contributed by atoms with Crippen LogP contribution in [0.1, 0.15) is 17.2 Å². The summed E-state index contributed by atoms with van der Waals surface area (Å²) in [6.07, 6.45) is -1.19. The lowest BCUT2D eigenvalue weighted by atomic mass is 10.1. The lowest BCUT2D eigenvalue weighted by molar-refractivity contribution is -0.155. The van der Waals surface area contributed by atoms with Crippen LogP contribution in [0.4, 0.5) is 4.79 Å². The van der Waals surface area contributed by atoms with Crippen molar-refractivity contribution >= 4 is 33.8 Å². The number of halogens is 1. The molecule has 25 heavy (non-hydrogen) atoms. The highest BCUT2D eigenvalue weighted by atomic mass is 79.9. The van der Waals surface area contributed by atoms with Gasteiger partial charge in [0.05, 0.1) is 6.42 Å². The molecule has 0 aliphatic carbocycles. The summed E-state index contributed by atoms with van der Waals surface area (Å²) in [5.41, 5.74) is 1.24. The fraction of sp³-hybridized carbons (Fsp3) is 0.167. The lowest BCUT2D eigenvalue weighted by Gasteiger charge is -2.17. The maximum Gasteiger partial charge on any atom is 0.321 e. The van der Waals surface area contributed by atoms with Gasteiger partial charge in [0.1, 0.15) is 0 Å². The standard InChI is InChI=1S/C18H17BrN2O4/c1-20-18(24)21-17(23)16(13-5-3-2-4-6-13)25-15(22)11-12-7-9-14(19)10-8-12/h2-10,16H,11H2,1H3,(H2,20,21,23,24)/t16-/m0/s1. The molecule has 130 valence electrons. The average molecular weight is 405 g/mol. The second-order valence-electron chi connectivity index (χ2n) is 5.15. The van der Waals surface area contributed by atoms with Crippen molar-refractivity contribution in [3.8, 4) is 0 Å².